The summed E-state index contributed by atoms with van der Waals surface area (Å²) < 4.78 is 0. The second-order valence-corrected chi connectivity index (χ2v) is 6.37. The van der Waals surface area contributed by atoms with Gasteiger partial charge >= 0.3 is 0 Å². The van der Waals surface area contributed by atoms with Crippen LogP contribution in [0.25, 0.3) is 0 Å². The highest BCUT2D eigenvalue weighted by atomic mass is 16.1. The summed E-state index contributed by atoms with van der Waals surface area (Å²) in [4.78, 5) is 20.9. The molecule has 0 saturated heterocycles. The van der Waals surface area contributed by atoms with Crippen LogP contribution in [-0.2, 0) is 6.54 Å². The van der Waals surface area contributed by atoms with Gasteiger partial charge in [-0.2, -0.15) is 0 Å². The van der Waals surface area contributed by atoms with Gasteiger partial charge in [0, 0.05) is 36.5 Å². The van der Waals surface area contributed by atoms with Crippen molar-refractivity contribution in [2.45, 2.75) is 27.3 Å². The first-order valence-corrected chi connectivity index (χ1v) is 8.51. The first-order chi connectivity index (χ1) is 12.5. The van der Waals surface area contributed by atoms with Crippen molar-refractivity contribution in [1.29, 1.82) is 0 Å². The Morgan fingerprint density at radius 2 is 1.81 bits per heavy atom. The van der Waals surface area contributed by atoms with Crippen LogP contribution in [-0.4, -0.2) is 15.9 Å². The molecule has 132 valence electrons. The Hall–Kier alpha value is -3.21. The molecule has 0 radical (unpaired) electrons. The number of anilines is 2. The van der Waals surface area contributed by atoms with E-state index in [1.54, 1.807) is 18.5 Å². The lowest BCUT2D eigenvalue weighted by atomic mass is 10.0. The van der Waals surface area contributed by atoms with E-state index < -0.39 is 0 Å². The minimum atomic E-state index is -0.218. The topological polar surface area (TPSA) is 66.9 Å². The molecule has 26 heavy (non-hydrogen) atoms. The number of nitrogens with zero attached hydrogens (tertiary/aromatic N) is 2. The molecule has 3 rings (SSSR count). The van der Waals surface area contributed by atoms with Gasteiger partial charge in [0.1, 0.15) is 5.69 Å². The van der Waals surface area contributed by atoms with E-state index in [2.05, 4.69) is 32.7 Å². The molecule has 0 bridgehead atoms. The third kappa shape index (κ3) is 4.25. The highest BCUT2D eigenvalue weighted by Crippen LogP contribution is 2.22. The molecular weight excluding hydrogens is 324 g/mol. The van der Waals surface area contributed by atoms with Crippen LogP contribution < -0.4 is 10.6 Å². The first kappa shape index (κ1) is 17.6. The first-order valence-electron chi connectivity index (χ1n) is 8.51. The van der Waals surface area contributed by atoms with E-state index in [-0.39, 0.29) is 5.91 Å². The predicted octanol–water partition coefficient (Wildman–Crippen LogP) is 4.27. The summed E-state index contributed by atoms with van der Waals surface area (Å²) in [6, 6.07) is 11.6. The van der Waals surface area contributed by atoms with E-state index in [0.717, 1.165) is 28.1 Å². The monoisotopic (exact) mass is 346 g/mol. The largest absolute Gasteiger partial charge is 0.381 e. The molecule has 0 saturated carbocycles. The minimum absolute atomic E-state index is 0.218. The molecule has 0 aliphatic rings. The molecule has 0 spiro atoms. The summed E-state index contributed by atoms with van der Waals surface area (Å²) in [5.41, 5.74) is 6.39. The molecule has 1 aromatic carbocycles. The van der Waals surface area contributed by atoms with Crippen LogP contribution >= 0.6 is 0 Å². The molecule has 0 aliphatic carbocycles. The summed E-state index contributed by atoms with van der Waals surface area (Å²) in [5.74, 6) is -0.218. The van der Waals surface area contributed by atoms with Crippen molar-refractivity contribution >= 4 is 17.3 Å². The lowest BCUT2D eigenvalue weighted by molar-refractivity contribution is 0.102. The molecule has 2 heterocycles. The van der Waals surface area contributed by atoms with Gasteiger partial charge in [0.15, 0.2) is 0 Å². The maximum Gasteiger partial charge on any atom is 0.274 e. The van der Waals surface area contributed by atoms with Crippen LogP contribution in [0.5, 0.6) is 0 Å². The van der Waals surface area contributed by atoms with Gasteiger partial charge in [-0.05, 0) is 55.7 Å². The maximum absolute atomic E-state index is 12.6. The SMILES string of the molecule is Cc1cc(C)c(NC(=O)c2cc(NCc3cccnc3)ccn2)c(C)c1. The summed E-state index contributed by atoms with van der Waals surface area (Å²) >= 11 is 0. The number of hydrogen-bond donors (Lipinski definition) is 2. The summed E-state index contributed by atoms with van der Waals surface area (Å²) in [6.07, 6.45) is 5.19. The van der Waals surface area contributed by atoms with Crippen molar-refractivity contribution in [3.05, 3.63) is 82.9 Å². The second kappa shape index (κ2) is 7.78. The minimum Gasteiger partial charge on any atom is -0.381 e. The van der Waals surface area contributed by atoms with Crippen molar-refractivity contribution in [3.8, 4) is 0 Å². The Kier molecular flexibility index (Phi) is 5.27. The van der Waals surface area contributed by atoms with E-state index in [0.29, 0.717) is 12.2 Å². The molecular formula is C21H22N4O. The average molecular weight is 346 g/mol. The number of aromatic nitrogens is 2. The fraction of sp³-hybridized carbons (Fsp3) is 0.190. The Bertz CT molecular complexity index is 899. The van der Waals surface area contributed by atoms with Gasteiger partial charge in [0.2, 0.25) is 0 Å². The Labute approximate surface area is 153 Å². The van der Waals surface area contributed by atoms with Gasteiger partial charge in [0.25, 0.3) is 5.91 Å². The molecule has 0 aliphatic heterocycles. The van der Waals surface area contributed by atoms with E-state index in [4.69, 9.17) is 0 Å². The van der Waals surface area contributed by atoms with E-state index in [1.807, 2.05) is 45.2 Å². The molecule has 0 atom stereocenters. The summed E-state index contributed by atoms with van der Waals surface area (Å²) in [7, 11) is 0. The lowest BCUT2D eigenvalue weighted by Gasteiger charge is -2.13. The molecule has 3 aromatic rings. The molecule has 2 aromatic heterocycles. The average Bonchev–Trinajstić information content (AvgIpc) is 2.64. The number of pyridine rings is 2. The molecule has 1 amide bonds. The van der Waals surface area contributed by atoms with Gasteiger partial charge < -0.3 is 10.6 Å². The van der Waals surface area contributed by atoms with E-state index in [9.17, 15) is 4.79 Å². The number of aryl methyl sites for hydroxylation is 3. The van der Waals surface area contributed by atoms with Crippen LogP contribution in [0.3, 0.4) is 0 Å². The zero-order chi connectivity index (χ0) is 18.5. The molecule has 0 unspecified atom stereocenters. The number of rotatable bonds is 5. The second-order valence-electron chi connectivity index (χ2n) is 6.37. The van der Waals surface area contributed by atoms with Crippen molar-refractivity contribution in [2.24, 2.45) is 0 Å². The predicted molar refractivity (Wildman–Crippen MR) is 104 cm³/mol. The van der Waals surface area contributed by atoms with Crippen LogP contribution in [0.4, 0.5) is 11.4 Å². The van der Waals surface area contributed by atoms with Crippen molar-refractivity contribution in [3.63, 3.8) is 0 Å². The zero-order valence-electron chi connectivity index (χ0n) is 15.2. The smallest absolute Gasteiger partial charge is 0.274 e. The molecule has 5 heteroatoms. The Balaban J connectivity index is 1.72. The quantitative estimate of drug-likeness (QED) is 0.724. The van der Waals surface area contributed by atoms with Gasteiger partial charge in [-0.3, -0.25) is 14.8 Å². The number of benzene rings is 1. The third-order valence-corrected chi connectivity index (χ3v) is 4.13. The summed E-state index contributed by atoms with van der Waals surface area (Å²) in [5, 5.41) is 6.27. The number of carbonyl (C=O) groups is 1. The highest BCUT2D eigenvalue weighted by molar-refractivity contribution is 6.04. The van der Waals surface area contributed by atoms with Crippen LogP contribution in [0.1, 0.15) is 32.7 Å². The highest BCUT2D eigenvalue weighted by Gasteiger charge is 2.12. The van der Waals surface area contributed by atoms with Gasteiger partial charge in [-0.1, -0.05) is 23.8 Å². The number of hydrogen-bond acceptors (Lipinski definition) is 4. The van der Waals surface area contributed by atoms with E-state index in [1.165, 1.54) is 5.56 Å². The Morgan fingerprint density at radius 3 is 2.50 bits per heavy atom. The van der Waals surface area contributed by atoms with Crippen molar-refractivity contribution < 1.29 is 4.79 Å². The summed E-state index contributed by atoms with van der Waals surface area (Å²) in [6.45, 7) is 6.67. The number of nitrogens with one attached hydrogen (secondary N) is 2. The molecule has 5 nitrogen and oxygen atoms in total. The van der Waals surface area contributed by atoms with Gasteiger partial charge in [-0.25, -0.2) is 0 Å². The number of carbonyl (C=O) groups excluding carboxylic acids is 1. The fourth-order valence-corrected chi connectivity index (χ4v) is 2.93. The normalized spacial score (nSPS) is 10.4. The third-order valence-electron chi connectivity index (χ3n) is 4.13. The lowest BCUT2D eigenvalue weighted by Crippen LogP contribution is -2.15. The van der Waals surface area contributed by atoms with Gasteiger partial charge in [0.05, 0.1) is 0 Å². The van der Waals surface area contributed by atoms with E-state index >= 15 is 0 Å². The standard InChI is InChI=1S/C21H22N4O/c1-14-9-15(2)20(16(3)10-14)25-21(26)19-11-18(6-8-23-19)24-13-17-5-4-7-22-12-17/h4-12H,13H2,1-3H3,(H,23,24)(H,25,26). The van der Waals surface area contributed by atoms with Crippen LogP contribution in [0, 0.1) is 20.8 Å². The Morgan fingerprint density at radius 1 is 1.04 bits per heavy atom. The van der Waals surface area contributed by atoms with Crippen molar-refractivity contribution in [1.82, 2.24) is 9.97 Å². The number of amides is 1. The molecule has 2 N–H and O–H groups in total. The molecule has 0 fully saturated rings. The maximum atomic E-state index is 12.6. The fourth-order valence-electron chi connectivity index (χ4n) is 2.93. The van der Waals surface area contributed by atoms with Gasteiger partial charge in [-0.15, -0.1) is 0 Å². The van der Waals surface area contributed by atoms with Crippen LogP contribution in [0.2, 0.25) is 0 Å². The van der Waals surface area contributed by atoms with Crippen molar-refractivity contribution in [2.75, 3.05) is 10.6 Å². The van der Waals surface area contributed by atoms with Crippen LogP contribution in [0.15, 0.2) is 55.0 Å². The zero-order valence-corrected chi connectivity index (χ0v) is 15.2.